The van der Waals surface area contributed by atoms with Crippen LogP contribution in [0.25, 0.3) is 109 Å². The molecule has 0 aliphatic rings. The monoisotopic (exact) mass is 914 g/mol. The number of anilines is 6. The quantitative estimate of drug-likeness (QED) is 0.166. The number of aryl methyl sites for hydroxylation is 3. The normalized spacial score (nSPS) is 12.2. The molecule has 15 aromatic rings. The van der Waals surface area contributed by atoms with E-state index in [1.807, 2.05) is 24.3 Å². The number of nitrogens with zero attached hydrogens (tertiary/aromatic N) is 2. The molecule has 0 unspecified atom stereocenters. The predicted octanol–water partition coefficient (Wildman–Crippen LogP) is 19.5. The maximum Gasteiger partial charge on any atom is 0.159 e. The second kappa shape index (κ2) is 14.9. The molecule has 6 nitrogen and oxygen atoms in total. The molecule has 0 N–H and O–H groups in total. The fraction of sp³-hybridized carbons (Fsp3) is 0.0462. The number of hydrogen-bond donors (Lipinski definition) is 0. The van der Waals surface area contributed by atoms with Gasteiger partial charge in [-0.1, -0.05) is 109 Å². The van der Waals surface area contributed by atoms with E-state index in [2.05, 4.69) is 206 Å². The summed E-state index contributed by atoms with van der Waals surface area (Å²) in [5.41, 5.74) is 16.4. The van der Waals surface area contributed by atoms with Crippen LogP contribution in [0.1, 0.15) is 16.7 Å². The lowest BCUT2D eigenvalue weighted by Gasteiger charge is -2.27. The van der Waals surface area contributed by atoms with Crippen molar-refractivity contribution in [2.75, 3.05) is 9.80 Å². The van der Waals surface area contributed by atoms with Crippen LogP contribution in [0, 0.1) is 20.8 Å². The Morgan fingerprint density at radius 3 is 1.31 bits per heavy atom. The Bertz CT molecular complexity index is 4540. The van der Waals surface area contributed by atoms with Gasteiger partial charge in [0.15, 0.2) is 11.2 Å². The van der Waals surface area contributed by atoms with Crippen molar-refractivity contribution in [3.8, 4) is 0 Å². The van der Waals surface area contributed by atoms with Gasteiger partial charge in [-0.05, 0) is 144 Å². The first-order valence-corrected chi connectivity index (χ1v) is 24.1. The van der Waals surface area contributed by atoms with E-state index in [0.29, 0.717) is 0 Å². The highest BCUT2D eigenvalue weighted by Gasteiger charge is 2.24. The number of hydrogen-bond acceptors (Lipinski definition) is 6. The van der Waals surface area contributed by atoms with Gasteiger partial charge in [-0.25, -0.2) is 0 Å². The summed E-state index contributed by atoms with van der Waals surface area (Å²) in [6.07, 6.45) is 0. The van der Waals surface area contributed by atoms with Gasteiger partial charge in [-0.15, -0.1) is 0 Å². The predicted molar refractivity (Wildman–Crippen MR) is 294 cm³/mol. The van der Waals surface area contributed by atoms with Crippen molar-refractivity contribution in [2.45, 2.75) is 20.8 Å². The van der Waals surface area contributed by atoms with Gasteiger partial charge in [0.25, 0.3) is 0 Å². The highest BCUT2D eigenvalue weighted by Crippen LogP contribution is 2.48. The fourth-order valence-corrected chi connectivity index (χ4v) is 11.4. The zero-order chi connectivity index (χ0) is 47.1. The van der Waals surface area contributed by atoms with Crippen molar-refractivity contribution >= 4 is 143 Å². The minimum absolute atomic E-state index is 0.834. The third-order valence-corrected chi connectivity index (χ3v) is 14.8. The van der Waals surface area contributed by atoms with Crippen molar-refractivity contribution in [1.82, 2.24) is 0 Å². The molecule has 0 saturated heterocycles. The van der Waals surface area contributed by atoms with E-state index >= 15 is 0 Å². The van der Waals surface area contributed by atoms with Gasteiger partial charge in [-0.2, -0.15) is 0 Å². The third-order valence-electron chi connectivity index (χ3n) is 14.8. The average molecular weight is 915 g/mol. The van der Waals surface area contributed by atoms with Crippen LogP contribution in [-0.2, 0) is 0 Å². The third kappa shape index (κ3) is 5.88. The first-order valence-electron chi connectivity index (χ1n) is 24.1. The second-order valence-electron chi connectivity index (χ2n) is 19.0. The first-order chi connectivity index (χ1) is 34.9. The minimum Gasteiger partial charge on any atom is -0.456 e. The van der Waals surface area contributed by atoms with Crippen LogP contribution in [0.4, 0.5) is 34.1 Å². The van der Waals surface area contributed by atoms with Gasteiger partial charge < -0.3 is 27.5 Å². The maximum atomic E-state index is 6.89. The number of furan rings is 4. The van der Waals surface area contributed by atoms with Crippen LogP contribution in [-0.4, -0.2) is 0 Å². The summed E-state index contributed by atoms with van der Waals surface area (Å²) < 4.78 is 26.9. The molecule has 0 fully saturated rings. The van der Waals surface area contributed by atoms with Gasteiger partial charge in [-0.3, -0.25) is 0 Å². The molecule has 15 rings (SSSR count). The van der Waals surface area contributed by atoms with E-state index in [0.717, 1.165) is 160 Å². The van der Waals surface area contributed by atoms with E-state index in [9.17, 15) is 0 Å². The molecule has 4 aromatic heterocycles. The Morgan fingerprint density at radius 2 is 0.746 bits per heavy atom. The zero-order valence-corrected chi connectivity index (χ0v) is 39.1. The Kier molecular flexibility index (Phi) is 8.32. The molecule has 0 radical (unpaired) electrons. The smallest absolute Gasteiger partial charge is 0.159 e. The molecule has 0 bridgehead atoms. The summed E-state index contributed by atoms with van der Waals surface area (Å²) >= 11 is 0. The summed E-state index contributed by atoms with van der Waals surface area (Å²) in [4.78, 5) is 4.64. The maximum absolute atomic E-state index is 6.89. The number of fused-ring (bicyclic) bond motifs is 14. The van der Waals surface area contributed by atoms with E-state index in [1.165, 1.54) is 0 Å². The fourth-order valence-electron chi connectivity index (χ4n) is 11.4. The summed E-state index contributed by atoms with van der Waals surface area (Å²) in [7, 11) is 0. The van der Waals surface area contributed by atoms with Gasteiger partial charge >= 0.3 is 0 Å². The molecule has 336 valence electrons. The Labute approximate surface area is 406 Å². The van der Waals surface area contributed by atoms with E-state index in [4.69, 9.17) is 17.7 Å². The Morgan fingerprint density at radius 1 is 0.282 bits per heavy atom. The molecule has 0 saturated carbocycles. The van der Waals surface area contributed by atoms with Crippen LogP contribution in [0.5, 0.6) is 0 Å². The molecule has 6 heteroatoms. The summed E-state index contributed by atoms with van der Waals surface area (Å²) in [5.74, 6) is 0. The zero-order valence-electron chi connectivity index (χ0n) is 39.1. The van der Waals surface area contributed by atoms with Crippen LogP contribution in [0.15, 0.2) is 218 Å². The number of rotatable bonds is 6. The Balaban J connectivity index is 0.854. The van der Waals surface area contributed by atoms with Gasteiger partial charge in [0.05, 0.1) is 11.4 Å². The molecular weight excluding hydrogens is 873 g/mol. The molecule has 0 aliphatic heterocycles. The van der Waals surface area contributed by atoms with Crippen LogP contribution in [0.3, 0.4) is 0 Å². The SMILES string of the molecule is Cc1ccccc1N(c1ccc2cc3c(cc2c1)oc1c(C)c2c(cc13)oc1cc3cc(N(c4ccccc4C)c4cccc5c4oc4ccccc45)ccc3cc12)c1cccc2c1oc1ccccc12. The molecule has 0 spiro atoms. The topological polar surface area (TPSA) is 59.0 Å². The van der Waals surface area contributed by atoms with Crippen molar-refractivity contribution in [3.63, 3.8) is 0 Å². The average Bonchev–Trinajstić information content (AvgIpc) is 4.17. The lowest BCUT2D eigenvalue weighted by molar-refractivity contribution is 0.662. The second-order valence-corrected chi connectivity index (χ2v) is 19.0. The summed E-state index contributed by atoms with van der Waals surface area (Å²) in [5, 5.41) is 13.0. The standard InChI is InChI=1S/C65H42N2O4/c1-37-14-4-8-20-53(37)66(55-22-12-18-48-46-16-6-10-24-57(46)69-64(48)55)44-28-26-40-32-50-51-36-61-62(39(3)63(51)71-59(50)34-42(40)30-44)52-33-41-27-29-45(31-43(41)35-60(52)68-61)67(54-21-9-5-15-38(54)2)56-23-13-19-49-47-17-7-11-25-58(47)70-65(49)56/h4-36H,1-3H3. The highest BCUT2D eigenvalue weighted by atomic mass is 16.3. The largest absolute Gasteiger partial charge is 0.456 e. The van der Waals surface area contributed by atoms with Crippen molar-refractivity contribution in [1.29, 1.82) is 0 Å². The minimum atomic E-state index is 0.834. The molecule has 4 heterocycles. The molecule has 71 heavy (non-hydrogen) atoms. The van der Waals surface area contributed by atoms with E-state index in [-0.39, 0.29) is 0 Å². The lowest BCUT2D eigenvalue weighted by atomic mass is 10.00. The molecule has 0 aliphatic carbocycles. The molecule has 0 amide bonds. The molecular formula is C65H42N2O4. The van der Waals surface area contributed by atoms with Gasteiger partial charge in [0.1, 0.15) is 33.5 Å². The summed E-state index contributed by atoms with van der Waals surface area (Å²) in [6.45, 7) is 6.48. The van der Waals surface area contributed by atoms with Crippen LogP contribution >= 0.6 is 0 Å². The molecule has 11 aromatic carbocycles. The number of benzene rings is 11. The Hall–Kier alpha value is -9.26. The first kappa shape index (κ1) is 39.7. The lowest BCUT2D eigenvalue weighted by Crippen LogP contribution is -2.11. The number of para-hydroxylation sites is 6. The van der Waals surface area contributed by atoms with Gasteiger partial charge in [0, 0.05) is 71.4 Å². The van der Waals surface area contributed by atoms with Gasteiger partial charge in [0.2, 0.25) is 0 Å². The van der Waals surface area contributed by atoms with Crippen LogP contribution in [0.2, 0.25) is 0 Å². The summed E-state index contributed by atoms with van der Waals surface area (Å²) in [6, 6.07) is 70.8. The van der Waals surface area contributed by atoms with Crippen molar-refractivity contribution in [3.05, 3.63) is 217 Å². The molecule has 0 atom stereocenters. The van der Waals surface area contributed by atoms with Crippen molar-refractivity contribution in [2.24, 2.45) is 0 Å². The van der Waals surface area contributed by atoms with E-state index < -0.39 is 0 Å². The van der Waals surface area contributed by atoms with E-state index in [1.54, 1.807) is 0 Å². The van der Waals surface area contributed by atoms with Crippen LogP contribution < -0.4 is 9.80 Å². The van der Waals surface area contributed by atoms with Crippen molar-refractivity contribution < 1.29 is 17.7 Å². The highest BCUT2D eigenvalue weighted by molar-refractivity contribution is 6.20.